The first kappa shape index (κ1) is 13.6. The van der Waals surface area contributed by atoms with Crippen LogP contribution in [0.4, 0.5) is 0 Å². The van der Waals surface area contributed by atoms with E-state index in [2.05, 4.69) is 36.5 Å². The minimum Gasteiger partial charge on any atom is -0.396 e. The van der Waals surface area contributed by atoms with Crippen molar-refractivity contribution in [2.24, 2.45) is 5.41 Å². The maximum atomic E-state index is 8.92. The van der Waals surface area contributed by atoms with Gasteiger partial charge in [0, 0.05) is 25.1 Å². The molecule has 1 heterocycles. The van der Waals surface area contributed by atoms with Gasteiger partial charge in [0.2, 0.25) is 0 Å². The Bertz CT molecular complexity index is 310. The van der Waals surface area contributed by atoms with E-state index in [1.165, 1.54) is 5.01 Å². The van der Waals surface area contributed by atoms with Gasteiger partial charge in [0.25, 0.3) is 0 Å². The topological polar surface area (TPSA) is 45.2 Å². The SMILES string of the molecule is CCc1nc(CNCC(C)(C)CCO)cs1. The van der Waals surface area contributed by atoms with Crippen LogP contribution < -0.4 is 5.32 Å². The molecule has 0 amide bonds. The highest BCUT2D eigenvalue weighted by atomic mass is 32.1. The molecular weight excluding hydrogens is 220 g/mol. The van der Waals surface area contributed by atoms with Crippen molar-refractivity contribution in [1.29, 1.82) is 0 Å². The lowest BCUT2D eigenvalue weighted by molar-refractivity contribution is 0.207. The van der Waals surface area contributed by atoms with Crippen LogP contribution in [0.5, 0.6) is 0 Å². The summed E-state index contributed by atoms with van der Waals surface area (Å²) < 4.78 is 0. The van der Waals surface area contributed by atoms with Crippen LogP contribution in [-0.2, 0) is 13.0 Å². The lowest BCUT2D eigenvalue weighted by Crippen LogP contribution is -2.29. The Labute approximate surface area is 102 Å². The molecule has 3 nitrogen and oxygen atoms in total. The van der Waals surface area contributed by atoms with E-state index in [1.807, 2.05) is 0 Å². The van der Waals surface area contributed by atoms with Crippen molar-refractivity contribution in [3.05, 3.63) is 16.1 Å². The van der Waals surface area contributed by atoms with Crippen molar-refractivity contribution in [2.45, 2.75) is 40.2 Å². The van der Waals surface area contributed by atoms with Gasteiger partial charge in [-0.15, -0.1) is 11.3 Å². The third-order valence-corrected chi connectivity index (χ3v) is 3.64. The molecule has 0 spiro atoms. The summed E-state index contributed by atoms with van der Waals surface area (Å²) in [6, 6.07) is 0. The predicted octanol–water partition coefficient (Wildman–Crippen LogP) is 2.20. The number of aliphatic hydroxyl groups excluding tert-OH is 1. The van der Waals surface area contributed by atoms with Crippen molar-refractivity contribution in [1.82, 2.24) is 10.3 Å². The van der Waals surface area contributed by atoms with Crippen molar-refractivity contribution in [2.75, 3.05) is 13.2 Å². The predicted molar refractivity (Wildman–Crippen MR) is 68.7 cm³/mol. The zero-order valence-corrected chi connectivity index (χ0v) is 11.2. The van der Waals surface area contributed by atoms with Gasteiger partial charge >= 0.3 is 0 Å². The first-order valence-corrected chi connectivity index (χ1v) is 6.70. The average Bonchev–Trinajstić information content (AvgIpc) is 2.65. The van der Waals surface area contributed by atoms with Gasteiger partial charge in [-0.3, -0.25) is 0 Å². The number of nitrogens with zero attached hydrogens (tertiary/aromatic N) is 1. The fourth-order valence-corrected chi connectivity index (χ4v) is 2.26. The molecule has 2 N–H and O–H groups in total. The molecule has 1 aromatic rings. The van der Waals surface area contributed by atoms with E-state index in [1.54, 1.807) is 11.3 Å². The molecule has 1 aromatic heterocycles. The van der Waals surface area contributed by atoms with Gasteiger partial charge in [0.15, 0.2) is 0 Å². The van der Waals surface area contributed by atoms with E-state index in [9.17, 15) is 0 Å². The van der Waals surface area contributed by atoms with E-state index in [0.717, 1.165) is 31.6 Å². The molecule has 0 aliphatic carbocycles. The minimum absolute atomic E-state index is 0.151. The standard InChI is InChI=1S/C12H22N2OS/c1-4-11-14-10(8-16-11)7-13-9-12(2,3)5-6-15/h8,13,15H,4-7,9H2,1-3H3. The van der Waals surface area contributed by atoms with Gasteiger partial charge in [-0.25, -0.2) is 4.98 Å². The summed E-state index contributed by atoms with van der Waals surface area (Å²) in [4.78, 5) is 4.50. The molecular formula is C12H22N2OS. The summed E-state index contributed by atoms with van der Waals surface area (Å²) in [6.45, 7) is 8.44. The molecule has 0 aliphatic heterocycles. The second kappa shape index (κ2) is 6.33. The van der Waals surface area contributed by atoms with Crippen molar-refractivity contribution >= 4 is 11.3 Å². The number of hydrogen-bond donors (Lipinski definition) is 2. The van der Waals surface area contributed by atoms with E-state index in [0.29, 0.717) is 0 Å². The first-order valence-electron chi connectivity index (χ1n) is 5.82. The Morgan fingerprint density at radius 2 is 2.25 bits per heavy atom. The van der Waals surface area contributed by atoms with Crippen LogP contribution in [0.25, 0.3) is 0 Å². The fourth-order valence-electron chi connectivity index (χ4n) is 1.51. The summed E-state index contributed by atoms with van der Waals surface area (Å²) in [5.41, 5.74) is 1.28. The highest BCUT2D eigenvalue weighted by Crippen LogP contribution is 2.18. The minimum atomic E-state index is 0.151. The molecule has 0 aromatic carbocycles. The van der Waals surface area contributed by atoms with Crippen LogP contribution in [-0.4, -0.2) is 23.2 Å². The number of aliphatic hydroxyl groups is 1. The molecule has 0 bridgehead atoms. The molecule has 0 unspecified atom stereocenters. The van der Waals surface area contributed by atoms with Crippen LogP contribution >= 0.6 is 11.3 Å². The van der Waals surface area contributed by atoms with Gasteiger partial charge < -0.3 is 10.4 Å². The molecule has 4 heteroatoms. The highest BCUT2D eigenvalue weighted by Gasteiger charge is 2.16. The lowest BCUT2D eigenvalue weighted by atomic mass is 9.90. The van der Waals surface area contributed by atoms with Crippen LogP contribution in [0, 0.1) is 5.41 Å². The quantitative estimate of drug-likeness (QED) is 0.770. The highest BCUT2D eigenvalue weighted by molar-refractivity contribution is 7.09. The van der Waals surface area contributed by atoms with Gasteiger partial charge in [-0.1, -0.05) is 20.8 Å². The van der Waals surface area contributed by atoms with E-state index >= 15 is 0 Å². The van der Waals surface area contributed by atoms with Crippen LogP contribution in [0.3, 0.4) is 0 Å². The molecule has 0 saturated carbocycles. The van der Waals surface area contributed by atoms with E-state index in [4.69, 9.17) is 5.11 Å². The smallest absolute Gasteiger partial charge is 0.0926 e. The molecule has 0 atom stereocenters. The molecule has 0 aliphatic rings. The monoisotopic (exact) mass is 242 g/mol. The largest absolute Gasteiger partial charge is 0.396 e. The number of nitrogens with one attached hydrogen (secondary N) is 1. The Hall–Kier alpha value is -0.450. The zero-order valence-electron chi connectivity index (χ0n) is 10.4. The van der Waals surface area contributed by atoms with Crippen LogP contribution in [0.1, 0.15) is 37.9 Å². The van der Waals surface area contributed by atoms with Crippen molar-refractivity contribution < 1.29 is 5.11 Å². The average molecular weight is 242 g/mol. The number of aryl methyl sites for hydroxylation is 1. The molecule has 92 valence electrons. The van der Waals surface area contributed by atoms with Gasteiger partial charge in [0.05, 0.1) is 10.7 Å². The van der Waals surface area contributed by atoms with Gasteiger partial charge in [-0.2, -0.15) is 0 Å². The number of rotatable bonds is 7. The molecule has 0 fully saturated rings. The second-order valence-electron chi connectivity index (χ2n) is 4.83. The fraction of sp³-hybridized carbons (Fsp3) is 0.750. The summed E-state index contributed by atoms with van der Waals surface area (Å²) in [7, 11) is 0. The van der Waals surface area contributed by atoms with Gasteiger partial charge in [-0.05, 0) is 18.3 Å². The normalized spacial score (nSPS) is 12.0. The second-order valence-corrected chi connectivity index (χ2v) is 5.77. The third kappa shape index (κ3) is 4.60. The van der Waals surface area contributed by atoms with E-state index < -0.39 is 0 Å². The summed E-state index contributed by atoms with van der Waals surface area (Å²) >= 11 is 1.73. The molecule has 0 radical (unpaired) electrons. The Morgan fingerprint density at radius 1 is 1.50 bits per heavy atom. The van der Waals surface area contributed by atoms with Crippen molar-refractivity contribution in [3.8, 4) is 0 Å². The maximum Gasteiger partial charge on any atom is 0.0926 e. The van der Waals surface area contributed by atoms with Crippen molar-refractivity contribution in [3.63, 3.8) is 0 Å². The molecule has 0 saturated heterocycles. The third-order valence-electron chi connectivity index (χ3n) is 2.60. The Kier molecular flexibility index (Phi) is 5.38. The number of aromatic nitrogens is 1. The van der Waals surface area contributed by atoms with Crippen LogP contribution in [0.2, 0.25) is 0 Å². The lowest BCUT2D eigenvalue weighted by Gasteiger charge is -2.23. The first-order chi connectivity index (χ1) is 7.57. The zero-order chi connectivity index (χ0) is 12.0. The summed E-state index contributed by atoms with van der Waals surface area (Å²) in [5, 5.41) is 15.6. The van der Waals surface area contributed by atoms with Gasteiger partial charge in [0.1, 0.15) is 0 Å². The molecule has 16 heavy (non-hydrogen) atoms. The number of hydrogen-bond acceptors (Lipinski definition) is 4. The van der Waals surface area contributed by atoms with E-state index in [-0.39, 0.29) is 12.0 Å². The Morgan fingerprint density at radius 3 is 2.81 bits per heavy atom. The number of thiazole rings is 1. The summed E-state index contributed by atoms with van der Waals surface area (Å²) in [6.07, 6.45) is 1.85. The maximum absolute atomic E-state index is 8.92. The summed E-state index contributed by atoms with van der Waals surface area (Å²) in [5.74, 6) is 0. The molecule has 1 rings (SSSR count). The Balaban J connectivity index is 2.29. The van der Waals surface area contributed by atoms with Crippen LogP contribution in [0.15, 0.2) is 5.38 Å².